The Morgan fingerprint density at radius 1 is 1.48 bits per heavy atom. The van der Waals surface area contributed by atoms with E-state index in [1.807, 2.05) is 19.1 Å². The summed E-state index contributed by atoms with van der Waals surface area (Å²) in [5, 5.41) is 14.2. The lowest BCUT2D eigenvalue weighted by Crippen LogP contribution is -2.21. The molecule has 0 aliphatic heterocycles. The molecule has 1 fully saturated rings. The molecule has 5 heteroatoms. The molecule has 1 aromatic carbocycles. The Bertz CT molecular complexity index is 504. The first-order valence-electron chi connectivity index (χ1n) is 7.71. The highest BCUT2D eigenvalue weighted by Gasteiger charge is 2.33. The summed E-state index contributed by atoms with van der Waals surface area (Å²) < 4.78 is 0. The van der Waals surface area contributed by atoms with Crippen LogP contribution < -0.4 is 5.32 Å². The average Bonchev–Trinajstić information content (AvgIpc) is 3.11. The largest absolute Gasteiger partial charge is 0.379 e. The van der Waals surface area contributed by atoms with Gasteiger partial charge in [0.05, 0.1) is 4.92 Å². The summed E-state index contributed by atoms with van der Waals surface area (Å²) >= 11 is 0. The van der Waals surface area contributed by atoms with Crippen LogP contribution in [0, 0.1) is 22.0 Å². The predicted octanol–water partition coefficient (Wildman–Crippen LogP) is 3.50. The van der Waals surface area contributed by atoms with Gasteiger partial charge in [0, 0.05) is 25.7 Å². The van der Waals surface area contributed by atoms with Gasteiger partial charge in [0.25, 0.3) is 5.69 Å². The third-order valence-corrected chi connectivity index (χ3v) is 4.10. The molecule has 1 aromatic rings. The molecule has 2 rings (SSSR count). The first kappa shape index (κ1) is 15.8. The minimum atomic E-state index is -0.322. The zero-order valence-electron chi connectivity index (χ0n) is 13.1. The van der Waals surface area contributed by atoms with Crippen molar-refractivity contribution in [1.82, 2.24) is 4.90 Å². The number of nitro benzene ring substituents is 1. The molecule has 0 saturated heterocycles. The van der Waals surface area contributed by atoms with Crippen LogP contribution in [0.1, 0.15) is 32.3 Å². The number of rotatable bonds is 8. The van der Waals surface area contributed by atoms with E-state index in [0.29, 0.717) is 5.69 Å². The zero-order chi connectivity index (χ0) is 15.4. The molecule has 1 aliphatic carbocycles. The average molecular weight is 291 g/mol. The number of hydrogen-bond donors (Lipinski definition) is 1. The van der Waals surface area contributed by atoms with Gasteiger partial charge in [-0.3, -0.25) is 10.1 Å². The van der Waals surface area contributed by atoms with Crippen molar-refractivity contribution in [3.63, 3.8) is 0 Å². The molecule has 2 atom stereocenters. The molecule has 0 bridgehead atoms. The van der Waals surface area contributed by atoms with Gasteiger partial charge in [-0.2, -0.15) is 0 Å². The molecule has 116 valence electrons. The Hall–Kier alpha value is -1.62. The van der Waals surface area contributed by atoms with E-state index in [0.717, 1.165) is 43.5 Å². The molecule has 1 N–H and O–H groups in total. The van der Waals surface area contributed by atoms with E-state index in [1.165, 1.54) is 6.42 Å². The standard InChI is InChI=1S/C16H25N3O2/c1-4-7-17-15-9-13(5-6-16(15)19(20)21)10-18(3)11-14-8-12(14)2/h5-6,9,12,14,17H,4,7-8,10-11H2,1-3H3. The fourth-order valence-electron chi connectivity index (χ4n) is 2.67. The SMILES string of the molecule is CCCNc1cc(CN(C)CC2CC2C)ccc1[N+](=O)[O-]. The van der Waals surface area contributed by atoms with Gasteiger partial charge in [0.1, 0.15) is 5.69 Å². The van der Waals surface area contributed by atoms with E-state index < -0.39 is 0 Å². The van der Waals surface area contributed by atoms with Gasteiger partial charge in [0.15, 0.2) is 0 Å². The lowest BCUT2D eigenvalue weighted by atomic mass is 10.1. The first-order valence-corrected chi connectivity index (χ1v) is 7.71. The lowest BCUT2D eigenvalue weighted by molar-refractivity contribution is -0.384. The number of anilines is 1. The topological polar surface area (TPSA) is 58.4 Å². The third kappa shape index (κ3) is 4.43. The van der Waals surface area contributed by atoms with Crippen LogP contribution in [0.15, 0.2) is 18.2 Å². The van der Waals surface area contributed by atoms with Crippen molar-refractivity contribution in [2.75, 3.05) is 25.5 Å². The Kier molecular flexibility index (Phi) is 5.17. The van der Waals surface area contributed by atoms with Crippen molar-refractivity contribution in [3.05, 3.63) is 33.9 Å². The van der Waals surface area contributed by atoms with E-state index in [-0.39, 0.29) is 10.6 Å². The van der Waals surface area contributed by atoms with Crippen LogP contribution in [0.5, 0.6) is 0 Å². The van der Waals surface area contributed by atoms with Gasteiger partial charge >= 0.3 is 0 Å². The molecule has 0 spiro atoms. The van der Waals surface area contributed by atoms with Crippen molar-refractivity contribution in [1.29, 1.82) is 0 Å². The maximum absolute atomic E-state index is 11.1. The number of nitro groups is 1. The number of hydrogen-bond acceptors (Lipinski definition) is 4. The quantitative estimate of drug-likeness (QED) is 0.588. The van der Waals surface area contributed by atoms with Crippen molar-refractivity contribution >= 4 is 11.4 Å². The number of nitrogens with one attached hydrogen (secondary N) is 1. The van der Waals surface area contributed by atoms with Gasteiger partial charge < -0.3 is 10.2 Å². The van der Waals surface area contributed by atoms with Crippen LogP contribution in [0.2, 0.25) is 0 Å². The summed E-state index contributed by atoms with van der Waals surface area (Å²) in [6.07, 6.45) is 2.27. The van der Waals surface area contributed by atoms with Gasteiger partial charge in [-0.25, -0.2) is 0 Å². The molecule has 1 aliphatic rings. The first-order chi connectivity index (χ1) is 10.0. The molecule has 1 saturated carbocycles. The Labute approximate surface area is 126 Å². The molecule has 0 amide bonds. The van der Waals surface area contributed by atoms with Crippen molar-refractivity contribution in [3.8, 4) is 0 Å². The van der Waals surface area contributed by atoms with Crippen LogP contribution >= 0.6 is 0 Å². The Morgan fingerprint density at radius 2 is 2.19 bits per heavy atom. The minimum absolute atomic E-state index is 0.158. The summed E-state index contributed by atoms with van der Waals surface area (Å²) in [5.74, 6) is 1.68. The third-order valence-electron chi connectivity index (χ3n) is 4.10. The summed E-state index contributed by atoms with van der Waals surface area (Å²) in [4.78, 5) is 13.0. The number of benzene rings is 1. The molecule has 0 radical (unpaired) electrons. The molecule has 5 nitrogen and oxygen atoms in total. The van der Waals surface area contributed by atoms with Crippen LogP contribution in [-0.2, 0) is 6.54 Å². The highest BCUT2D eigenvalue weighted by molar-refractivity contribution is 5.62. The van der Waals surface area contributed by atoms with Gasteiger partial charge in [-0.15, -0.1) is 0 Å². The molecular formula is C16H25N3O2. The zero-order valence-corrected chi connectivity index (χ0v) is 13.1. The van der Waals surface area contributed by atoms with Crippen LogP contribution in [0.25, 0.3) is 0 Å². The summed E-state index contributed by atoms with van der Waals surface area (Å²) in [5.41, 5.74) is 1.91. The van der Waals surface area contributed by atoms with Crippen LogP contribution in [0.4, 0.5) is 11.4 Å². The second-order valence-corrected chi connectivity index (χ2v) is 6.21. The minimum Gasteiger partial charge on any atom is -0.379 e. The summed E-state index contributed by atoms with van der Waals surface area (Å²) in [6, 6.07) is 5.39. The molecule has 21 heavy (non-hydrogen) atoms. The van der Waals surface area contributed by atoms with Gasteiger partial charge in [0.2, 0.25) is 0 Å². The van der Waals surface area contributed by atoms with E-state index in [2.05, 4.69) is 24.2 Å². The van der Waals surface area contributed by atoms with Crippen molar-refractivity contribution in [2.45, 2.75) is 33.2 Å². The maximum atomic E-state index is 11.1. The molecule has 2 unspecified atom stereocenters. The summed E-state index contributed by atoms with van der Waals surface area (Å²) in [7, 11) is 2.12. The lowest BCUT2D eigenvalue weighted by Gasteiger charge is -2.17. The normalized spacial score (nSPS) is 20.6. The maximum Gasteiger partial charge on any atom is 0.292 e. The van der Waals surface area contributed by atoms with Crippen molar-refractivity contribution < 1.29 is 4.92 Å². The fourth-order valence-corrected chi connectivity index (χ4v) is 2.67. The Morgan fingerprint density at radius 3 is 2.76 bits per heavy atom. The van der Waals surface area contributed by atoms with E-state index in [1.54, 1.807) is 6.07 Å². The summed E-state index contributed by atoms with van der Waals surface area (Å²) in [6.45, 7) is 7.03. The second-order valence-electron chi connectivity index (χ2n) is 6.21. The molecule has 0 heterocycles. The predicted molar refractivity (Wildman–Crippen MR) is 85.5 cm³/mol. The highest BCUT2D eigenvalue weighted by atomic mass is 16.6. The number of nitrogens with zero attached hydrogens (tertiary/aromatic N) is 2. The fraction of sp³-hybridized carbons (Fsp3) is 0.625. The van der Waals surface area contributed by atoms with E-state index >= 15 is 0 Å². The van der Waals surface area contributed by atoms with Crippen LogP contribution in [0.3, 0.4) is 0 Å². The molecular weight excluding hydrogens is 266 g/mol. The molecule has 0 aromatic heterocycles. The Balaban J connectivity index is 2.03. The monoisotopic (exact) mass is 291 g/mol. The van der Waals surface area contributed by atoms with Gasteiger partial charge in [-0.1, -0.05) is 19.9 Å². The highest BCUT2D eigenvalue weighted by Crippen LogP contribution is 2.38. The van der Waals surface area contributed by atoms with Gasteiger partial charge in [-0.05, 0) is 43.4 Å². The van der Waals surface area contributed by atoms with E-state index in [9.17, 15) is 10.1 Å². The van der Waals surface area contributed by atoms with E-state index in [4.69, 9.17) is 0 Å². The van der Waals surface area contributed by atoms with Crippen molar-refractivity contribution in [2.24, 2.45) is 11.8 Å². The smallest absolute Gasteiger partial charge is 0.292 e. The van der Waals surface area contributed by atoms with Crippen LogP contribution in [-0.4, -0.2) is 30.0 Å². The second kappa shape index (κ2) is 6.89.